The first-order valence-corrected chi connectivity index (χ1v) is 15.4. The van der Waals surface area contributed by atoms with Gasteiger partial charge in [0.1, 0.15) is 0 Å². The molecule has 8 nitrogen and oxygen atoms in total. The number of anilines is 1. The molecular weight excluding hydrogens is 600 g/mol. The Hall–Kier alpha value is -6.41. The van der Waals surface area contributed by atoms with E-state index in [4.69, 9.17) is 9.47 Å². The number of rotatable bonds is 11. The minimum absolute atomic E-state index is 0.182. The fourth-order valence-corrected chi connectivity index (χ4v) is 5.30. The van der Waals surface area contributed by atoms with Crippen LogP contribution < -0.4 is 20.2 Å². The lowest BCUT2D eigenvalue weighted by atomic mass is 10.1. The maximum atomic E-state index is 13.0. The fraction of sp³-hybridized carbons (Fsp3) is 0.0750. The van der Waals surface area contributed by atoms with Gasteiger partial charge < -0.3 is 19.4 Å². The highest BCUT2D eigenvalue weighted by Gasteiger charge is 2.15. The summed E-state index contributed by atoms with van der Waals surface area (Å²) in [6.45, 7) is 1.74. The number of nitrogens with zero attached hydrogens (tertiary/aromatic N) is 2. The number of para-hydroxylation sites is 1. The molecule has 0 saturated carbocycles. The molecule has 48 heavy (non-hydrogen) atoms. The second-order valence-electron chi connectivity index (χ2n) is 11.0. The van der Waals surface area contributed by atoms with Gasteiger partial charge in [-0.05, 0) is 89.8 Å². The van der Waals surface area contributed by atoms with Gasteiger partial charge in [0, 0.05) is 16.9 Å². The highest BCUT2D eigenvalue weighted by Crippen LogP contribution is 2.32. The number of hydrazone groups is 1. The van der Waals surface area contributed by atoms with Crippen molar-refractivity contribution in [3.8, 4) is 39.7 Å². The molecule has 6 aromatic rings. The zero-order valence-electron chi connectivity index (χ0n) is 26.6. The molecule has 2 amide bonds. The van der Waals surface area contributed by atoms with E-state index in [1.807, 2.05) is 79.7 Å². The van der Waals surface area contributed by atoms with Gasteiger partial charge in [0.2, 0.25) is 0 Å². The summed E-state index contributed by atoms with van der Waals surface area (Å²) in [6.07, 6.45) is 1.52. The van der Waals surface area contributed by atoms with Crippen LogP contribution in [0.5, 0.6) is 11.5 Å². The summed E-state index contributed by atoms with van der Waals surface area (Å²) in [5.41, 5.74) is 10.6. The van der Waals surface area contributed by atoms with Gasteiger partial charge in [-0.3, -0.25) is 9.59 Å². The number of aryl methyl sites for hydroxylation is 1. The van der Waals surface area contributed by atoms with E-state index in [0.29, 0.717) is 22.6 Å². The standard InChI is InChI=1S/C40H34N4O4/c1-28-11-9-10-16-34(28)42-39(45)27-48-37-24-17-29(25-38(37)47-2)26-41-43-40(46)32-18-20-33(21-19-32)44-35(30-12-5-3-6-13-30)22-23-36(44)31-14-7-4-8-15-31/h3-26H,27H2,1-2H3,(H,42,45)(H,43,46)/b41-26-. The summed E-state index contributed by atoms with van der Waals surface area (Å²) in [4.78, 5) is 25.4. The van der Waals surface area contributed by atoms with Crippen molar-refractivity contribution >= 4 is 23.7 Å². The molecule has 1 heterocycles. The topological polar surface area (TPSA) is 93.9 Å². The van der Waals surface area contributed by atoms with Crippen LogP contribution in [0.3, 0.4) is 0 Å². The summed E-state index contributed by atoms with van der Waals surface area (Å²) in [7, 11) is 1.52. The Morgan fingerprint density at radius 2 is 1.35 bits per heavy atom. The smallest absolute Gasteiger partial charge is 0.271 e. The van der Waals surface area contributed by atoms with Crippen LogP contribution in [-0.4, -0.2) is 36.3 Å². The lowest BCUT2D eigenvalue weighted by Gasteiger charge is -2.15. The van der Waals surface area contributed by atoms with Gasteiger partial charge in [0.05, 0.1) is 24.7 Å². The molecule has 8 heteroatoms. The molecule has 2 N–H and O–H groups in total. The van der Waals surface area contributed by atoms with Crippen molar-refractivity contribution < 1.29 is 19.1 Å². The average molecular weight is 635 g/mol. The minimum Gasteiger partial charge on any atom is -0.493 e. The summed E-state index contributed by atoms with van der Waals surface area (Å²) in [5.74, 6) is 0.212. The maximum Gasteiger partial charge on any atom is 0.271 e. The van der Waals surface area contributed by atoms with E-state index in [9.17, 15) is 9.59 Å². The molecule has 0 spiro atoms. The number of carbonyl (C=O) groups excluding carboxylic acids is 2. The molecule has 0 saturated heterocycles. The quantitative estimate of drug-likeness (QED) is 0.112. The van der Waals surface area contributed by atoms with Crippen LogP contribution in [0.4, 0.5) is 5.69 Å². The number of amides is 2. The average Bonchev–Trinajstić information content (AvgIpc) is 3.58. The van der Waals surface area contributed by atoms with Gasteiger partial charge in [-0.15, -0.1) is 0 Å². The Morgan fingerprint density at radius 3 is 1.98 bits per heavy atom. The van der Waals surface area contributed by atoms with Gasteiger partial charge in [-0.2, -0.15) is 5.10 Å². The van der Waals surface area contributed by atoms with Crippen LogP contribution in [0, 0.1) is 6.92 Å². The van der Waals surface area contributed by atoms with E-state index in [0.717, 1.165) is 39.5 Å². The first kappa shape index (κ1) is 31.6. The van der Waals surface area contributed by atoms with Crippen LogP contribution in [0.25, 0.3) is 28.2 Å². The van der Waals surface area contributed by atoms with E-state index in [2.05, 4.69) is 56.8 Å². The predicted molar refractivity (Wildman–Crippen MR) is 190 cm³/mol. The highest BCUT2D eigenvalue weighted by molar-refractivity contribution is 5.95. The lowest BCUT2D eigenvalue weighted by molar-refractivity contribution is -0.118. The Morgan fingerprint density at radius 1 is 0.729 bits per heavy atom. The van der Waals surface area contributed by atoms with E-state index >= 15 is 0 Å². The van der Waals surface area contributed by atoms with Gasteiger partial charge in [-0.25, -0.2) is 5.43 Å². The normalized spacial score (nSPS) is 10.9. The summed E-state index contributed by atoms with van der Waals surface area (Å²) >= 11 is 0. The van der Waals surface area contributed by atoms with Crippen molar-refractivity contribution in [2.45, 2.75) is 6.92 Å². The summed E-state index contributed by atoms with van der Waals surface area (Å²) < 4.78 is 13.4. The van der Waals surface area contributed by atoms with Gasteiger partial charge >= 0.3 is 0 Å². The molecule has 0 radical (unpaired) electrons. The van der Waals surface area contributed by atoms with Crippen LogP contribution in [0.1, 0.15) is 21.5 Å². The molecule has 0 bridgehead atoms. The van der Waals surface area contributed by atoms with Crippen molar-refractivity contribution in [2.75, 3.05) is 19.0 Å². The summed E-state index contributed by atoms with van der Waals surface area (Å²) in [6, 6.07) is 44.8. The zero-order valence-corrected chi connectivity index (χ0v) is 26.6. The van der Waals surface area contributed by atoms with Gasteiger partial charge in [0.15, 0.2) is 18.1 Å². The van der Waals surface area contributed by atoms with E-state index in [-0.39, 0.29) is 18.4 Å². The third-order valence-corrected chi connectivity index (χ3v) is 7.75. The zero-order chi connectivity index (χ0) is 33.3. The SMILES string of the molecule is COc1cc(/C=N\NC(=O)c2ccc(-n3c(-c4ccccc4)ccc3-c3ccccc3)cc2)ccc1OCC(=O)Nc1ccccc1C. The monoisotopic (exact) mass is 634 g/mol. The molecule has 0 fully saturated rings. The van der Waals surface area contributed by atoms with Crippen LogP contribution >= 0.6 is 0 Å². The molecule has 1 aromatic heterocycles. The number of ether oxygens (including phenoxy) is 2. The molecule has 0 aliphatic heterocycles. The molecule has 0 unspecified atom stereocenters. The second kappa shape index (κ2) is 14.8. The third-order valence-electron chi connectivity index (χ3n) is 7.75. The molecule has 6 rings (SSSR count). The molecule has 0 atom stereocenters. The van der Waals surface area contributed by atoms with Crippen LogP contribution in [-0.2, 0) is 4.79 Å². The van der Waals surface area contributed by atoms with Crippen molar-refractivity contribution in [3.05, 3.63) is 156 Å². The number of benzene rings is 5. The van der Waals surface area contributed by atoms with Crippen molar-refractivity contribution in [3.63, 3.8) is 0 Å². The number of hydrogen-bond donors (Lipinski definition) is 2. The highest BCUT2D eigenvalue weighted by atomic mass is 16.5. The Labute approximate surface area is 279 Å². The fourth-order valence-electron chi connectivity index (χ4n) is 5.30. The van der Waals surface area contributed by atoms with Crippen molar-refractivity contribution in [2.24, 2.45) is 5.10 Å². The molecular formula is C40H34N4O4. The first-order valence-electron chi connectivity index (χ1n) is 15.4. The number of nitrogens with one attached hydrogen (secondary N) is 2. The summed E-state index contributed by atoms with van der Waals surface area (Å²) in [5, 5.41) is 6.98. The Bertz CT molecular complexity index is 2000. The number of methoxy groups -OCH3 is 1. The van der Waals surface area contributed by atoms with Gasteiger partial charge in [0.25, 0.3) is 11.8 Å². The largest absolute Gasteiger partial charge is 0.493 e. The van der Waals surface area contributed by atoms with Crippen LogP contribution in [0.2, 0.25) is 0 Å². The van der Waals surface area contributed by atoms with Crippen LogP contribution in [0.15, 0.2) is 145 Å². The lowest BCUT2D eigenvalue weighted by Crippen LogP contribution is -2.20. The maximum absolute atomic E-state index is 13.0. The van der Waals surface area contributed by atoms with E-state index in [1.54, 1.807) is 30.3 Å². The van der Waals surface area contributed by atoms with Crippen molar-refractivity contribution in [1.82, 2.24) is 9.99 Å². The molecule has 0 aliphatic rings. The Balaban J connectivity index is 1.11. The number of carbonyl (C=O) groups is 2. The van der Waals surface area contributed by atoms with Crippen molar-refractivity contribution in [1.29, 1.82) is 0 Å². The first-order chi connectivity index (χ1) is 23.5. The Kier molecular flexibility index (Phi) is 9.73. The molecule has 0 aliphatic carbocycles. The van der Waals surface area contributed by atoms with E-state index < -0.39 is 0 Å². The van der Waals surface area contributed by atoms with Gasteiger partial charge in [-0.1, -0.05) is 78.9 Å². The predicted octanol–water partition coefficient (Wildman–Crippen LogP) is 7.91. The molecule has 5 aromatic carbocycles. The minimum atomic E-state index is -0.344. The van der Waals surface area contributed by atoms with E-state index in [1.165, 1.54) is 13.3 Å². The third kappa shape index (κ3) is 7.35. The number of hydrogen-bond acceptors (Lipinski definition) is 5. The second-order valence-corrected chi connectivity index (χ2v) is 11.0. The number of aromatic nitrogens is 1. The molecule has 238 valence electrons.